The Hall–Kier alpha value is -1.94. The van der Waals surface area contributed by atoms with E-state index < -0.39 is 21.8 Å². The summed E-state index contributed by atoms with van der Waals surface area (Å²) in [5.74, 6) is 3.21. The van der Waals surface area contributed by atoms with E-state index in [-0.39, 0.29) is 30.1 Å². The fourth-order valence-corrected chi connectivity index (χ4v) is 9.22. The maximum atomic E-state index is 13.1. The Morgan fingerprint density at radius 3 is 2.31 bits per heavy atom. The van der Waals surface area contributed by atoms with Crippen molar-refractivity contribution in [2.24, 2.45) is 22.7 Å². The van der Waals surface area contributed by atoms with Gasteiger partial charge in [-0.15, -0.1) is 6.58 Å². The van der Waals surface area contributed by atoms with E-state index in [0.29, 0.717) is 29.0 Å². The van der Waals surface area contributed by atoms with Crippen LogP contribution in [0.1, 0.15) is 94.7 Å². The highest BCUT2D eigenvalue weighted by Gasteiger charge is 2.55. The highest BCUT2D eigenvalue weighted by atomic mass is 32.2. The van der Waals surface area contributed by atoms with E-state index >= 15 is 0 Å². The van der Waals surface area contributed by atoms with Crippen molar-refractivity contribution < 1.29 is 27.3 Å². The van der Waals surface area contributed by atoms with Gasteiger partial charge in [0.05, 0.1) is 11.0 Å². The maximum Gasteiger partial charge on any atom is 0.415 e. The molecule has 3 aliphatic carbocycles. The van der Waals surface area contributed by atoms with Gasteiger partial charge < -0.3 is 14.5 Å². The molecule has 2 heterocycles. The number of nitrogens with zero attached hydrogens (tertiary/aromatic N) is 2. The molecule has 1 amide bonds. The summed E-state index contributed by atoms with van der Waals surface area (Å²) < 4.78 is 42.2. The highest BCUT2D eigenvalue weighted by Crippen LogP contribution is 2.59. The van der Waals surface area contributed by atoms with Gasteiger partial charge >= 0.3 is 6.09 Å². The first-order chi connectivity index (χ1) is 22.7. The molecule has 0 aromatic heterocycles. The molecular weight excluding hydrogens is 639 g/mol. The number of Topliss-reactive ketones (excluding diaryl/α,β-unsaturated/α-hetero) is 1. The molecule has 1 aromatic rings. The molecule has 2 saturated carbocycles. The number of amides is 1. The normalized spacial score (nSPS) is 28.4. The number of rotatable bonds is 7. The Bertz CT molecular complexity index is 1420. The zero-order valence-corrected chi connectivity index (χ0v) is 31.2. The van der Waals surface area contributed by atoms with Crippen LogP contribution in [0.4, 0.5) is 13.6 Å². The number of benzene rings is 1. The molecule has 49 heavy (non-hydrogen) atoms. The average Bonchev–Trinajstić information content (AvgIpc) is 3.28. The Morgan fingerprint density at radius 1 is 1.12 bits per heavy atom. The lowest BCUT2D eigenvalue weighted by Crippen LogP contribution is -2.72. The van der Waals surface area contributed by atoms with Gasteiger partial charge in [-0.05, 0) is 113 Å². The van der Waals surface area contributed by atoms with E-state index in [4.69, 9.17) is 12.6 Å². The van der Waals surface area contributed by atoms with Gasteiger partial charge in [0.2, 0.25) is 0 Å². The van der Waals surface area contributed by atoms with Gasteiger partial charge in [0, 0.05) is 66.2 Å². The van der Waals surface area contributed by atoms with Crippen molar-refractivity contribution in [1.82, 2.24) is 9.80 Å². The third kappa shape index (κ3) is 8.93. The quantitative estimate of drug-likeness (QED) is 0.256. The highest BCUT2D eigenvalue weighted by molar-refractivity contribution is 7.84. The molecular formula is C37H53B3F2N2O4S. The molecule has 6 nitrogen and oxygen atoms in total. The minimum absolute atomic E-state index is 0.0764. The Morgan fingerprint density at radius 2 is 1.76 bits per heavy atom. The van der Waals surface area contributed by atoms with Crippen molar-refractivity contribution in [3.63, 3.8) is 0 Å². The summed E-state index contributed by atoms with van der Waals surface area (Å²) in [6.45, 7) is 15.9. The minimum Gasteiger partial charge on any atom is -0.410 e. The van der Waals surface area contributed by atoms with Crippen LogP contribution in [0.3, 0.4) is 0 Å². The van der Waals surface area contributed by atoms with E-state index in [1.54, 1.807) is 0 Å². The Kier molecular flexibility index (Phi) is 12.5. The van der Waals surface area contributed by atoms with Crippen LogP contribution in [-0.4, -0.2) is 106 Å². The number of likely N-dealkylation sites (tertiary alicyclic amines) is 2. The third-order valence-electron chi connectivity index (χ3n) is 11.7. The summed E-state index contributed by atoms with van der Waals surface area (Å²) in [5, 5.41) is 0. The predicted molar refractivity (Wildman–Crippen MR) is 197 cm³/mol. The lowest BCUT2D eigenvalue weighted by Gasteiger charge is -2.58. The van der Waals surface area contributed by atoms with E-state index in [1.165, 1.54) is 23.0 Å². The largest absolute Gasteiger partial charge is 0.415 e. The number of fused-ring (bicyclic) bond motifs is 5. The summed E-state index contributed by atoms with van der Waals surface area (Å²) in [6.07, 6.45) is 8.38. The maximum absolute atomic E-state index is 13.1. The number of halogens is 2. The van der Waals surface area contributed by atoms with Crippen molar-refractivity contribution in [3.8, 4) is 5.75 Å². The zero-order chi connectivity index (χ0) is 36.5. The molecule has 4 fully saturated rings. The van der Waals surface area contributed by atoms with Crippen molar-refractivity contribution in [2.45, 2.75) is 102 Å². The first kappa shape index (κ1) is 39.8. The molecule has 6 radical (unpaired) electrons. The fraction of sp³-hybridized carbons (Fsp3) is 0.730. The van der Waals surface area contributed by atoms with E-state index in [1.807, 2.05) is 11.8 Å². The molecule has 2 aliphatic heterocycles. The van der Waals surface area contributed by atoms with Crippen LogP contribution in [0.25, 0.3) is 0 Å². The lowest BCUT2D eigenvalue weighted by atomic mass is 9.50. The summed E-state index contributed by atoms with van der Waals surface area (Å²) >= 11 is 0. The molecule has 0 N–H and O–H groups in total. The van der Waals surface area contributed by atoms with Crippen LogP contribution in [-0.2, 0) is 22.0 Å². The van der Waals surface area contributed by atoms with E-state index in [9.17, 15) is 22.6 Å². The van der Waals surface area contributed by atoms with E-state index in [0.717, 1.165) is 82.4 Å². The first-order valence-electron chi connectivity index (χ1n) is 17.7. The van der Waals surface area contributed by atoms with Gasteiger partial charge in [0.1, 0.15) is 35.1 Å². The summed E-state index contributed by atoms with van der Waals surface area (Å²) in [5.41, 5.74) is -0.460. The second-order valence-corrected chi connectivity index (χ2v) is 17.4. The molecule has 12 heteroatoms. The molecule has 6 atom stereocenters. The van der Waals surface area contributed by atoms with Gasteiger partial charge in [-0.1, -0.05) is 25.5 Å². The number of aryl methyl sites for hydroxylation is 2. The molecule has 6 rings (SSSR count). The minimum atomic E-state index is -3.05. The van der Waals surface area contributed by atoms with E-state index in [2.05, 4.69) is 67.1 Å². The Balaban J connectivity index is 0.000000252. The predicted octanol–water partition coefficient (Wildman–Crippen LogP) is 6.08. The summed E-state index contributed by atoms with van der Waals surface area (Å²) in [7, 11) is 15.3. The van der Waals surface area contributed by atoms with Crippen LogP contribution in [0, 0.1) is 29.6 Å². The van der Waals surface area contributed by atoms with Gasteiger partial charge in [-0.25, -0.2) is 4.79 Å². The number of ketones is 1. The number of alkyl halides is 2. The number of carbonyl (C=O) groups is 2. The van der Waals surface area contributed by atoms with Crippen molar-refractivity contribution in [1.29, 1.82) is 0 Å². The second-order valence-electron chi connectivity index (χ2n) is 15.9. The van der Waals surface area contributed by atoms with Gasteiger partial charge in [-0.2, -0.15) is 0 Å². The number of hydrogen-bond donors (Lipinski definition) is 0. The smallest absolute Gasteiger partial charge is 0.410 e. The summed E-state index contributed by atoms with van der Waals surface area (Å²) in [4.78, 5) is 29.4. The molecule has 0 bridgehead atoms. The lowest BCUT2D eigenvalue weighted by molar-refractivity contribution is -0.129. The van der Waals surface area contributed by atoms with Crippen LogP contribution >= 0.6 is 0 Å². The van der Waals surface area contributed by atoms with Gasteiger partial charge in [-0.3, -0.25) is 17.8 Å². The first-order valence-corrected chi connectivity index (χ1v) is 19.5. The molecule has 264 valence electrons. The fourth-order valence-electron chi connectivity index (χ4n) is 8.67. The molecule has 6 unspecified atom stereocenters. The average molecular weight is 692 g/mol. The molecule has 5 aliphatic rings. The van der Waals surface area contributed by atoms with Crippen molar-refractivity contribution in [2.75, 3.05) is 45.2 Å². The van der Waals surface area contributed by atoms with Gasteiger partial charge in [0.25, 0.3) is 0 Å². The Labute approximate surface area is 299 Å². The van der Waals surface area contributed by atoms with Crippen LogP contribution in [0.2, 0.25) is 0 Å². The van der Waals surface area contributed by atoms with Gasteiger partial charge in [0.15, 0.2) is 0 Å². The monoisotopic (exact) mass is 692 g/mol. The zero-order valence-electron chi connectivity index (χ0n) is 30.4. The van der Waals surface area contributed by atoms with Crippen molar-refractivity contribution in [3.05, 3.63) is 41.0 Å². The second kappa shape index (κ2) is 15.4. The number of carbonyl (C=O) groups excluding carboxylic acids is 2. The molecule has 1 spiro atoms. The van der Waals surface area contributed by atoms with Crippen LogP contribution in [0.15, 0.2) is 24.3 Å². The molecule has 2 saturated heterocycles. The third-order valence-corrected chi connectivity index (χ3v) is 12.5. The van der Waals surface area contributed by atoms with Crippen LogP contribution in [0.5, 0.6) is 5.75 Å². The van der Waals surface area contributed by atoms with Crippen LogP contribution < -0.4 is 4.74 Å². The number of ether oxygens (including phenoxy) is 1. The number of hydrogen-bond acceptors (Lipinski definition) is 5. The molecule has 1 aromatic carbocycles. The SMILES string of the molecule is C=C(C)CC.Cc1cc2c(cc1OC(=O)N1CC3(CN(C)C3)C1)CCC1C2CCC2(C)C(=O)CCC12.[B]C([B])(F)C([B])(F)CCCS(C)=O. The number of allylic oxidation sites excluding steroid dienone is 1. The van der Waals surface area contributed by atoms with Crippen molar-refractivity contribution >= 4 is 46.2 Å². The standard InChI is InChI=1S/C26H34N2O3.C6H9B3F2OS.C5H10/c1-16-10-20-17(4-5-19-18(20)8-9-25(2)21(19)6-7-23(25)29)11-22(16)31-24(30)28-14-26(15-28)12-27(3)13-26;1-13(12)4-2-3-5(7,10)6(8,9)11;1-4-5(2)3/h10-11,18-19,21H,4-9,12-15H2,1-3H3;2-4H2,1H3;2,4H2,1,3H3. The summed E-state index contributed by atoms with van der Waals surface area (Å²) in [6, 6.07) is 4.42. The topological polar surface area (TPSA) is 66.9 Å².